The van der Waals surface area contributed by atoms with Gasteiger partial charge in [0.05, 0.1) is 5.92 Å². The van der Waals surface area contributed by atoms with E-state index in [-0.39, 0.29) is 19.6 Å². The topological polar surface area (TPSA) is 105 Å². The molecule has 0 bridgehead atoms. The summed E-state index contributed by atoms with van der Waals surface area (Å²) in [6, 6.07) is 16.8. The van der Waals surface area contributed by atoms with Crippen LogP contribution >= 0.6 is 0 Å². The number of amides is 2. The minimum Gasteiger partial charge on any atom is -0.461 e. The fourth-order valence-corrected chi connectivity index (χ4v) is 3.35. The van der Waals surface area contributed by atoms with Gasteiger partial charge in [-0.1, -0.05) is 66.7 Å². The average Bonchev–Trinajstić information content (AvgIpc) is 2.83. The molecule has 0 radical (unpaired) electrons. The zero-order chi connectivity index (χ0) is 25.8. The average molecular weight is 483 g/mol. The van der Waals surface area contributed by atoms with Crippen molar-refractivity contribution in [1.29, 1.82) is 0 Å². The van der Waals surface area contributed by atoms with Crippen LogP contribution in [0.25, 0.3) is 0 Å². The normalized spacial score (nSPS) is 12.7. The van der Waals surface area contributed by atoms with E-state index >= 15 is 0 Å². The number of benzene rings is 2. The molecule has 0 aliphatic rings. The first-order valence-electron chi connectivity index (χ1n) is 11.4. The highest BCUT2D eigenvalue weighted by Crippen LogP contribution is 2.19. The number of esters is 1. The third-order valence-electron chi connectivity index (χ3n) is 4.99. The summed E-state index contributed by atoms with van der Waals surface area (Å²) < 4.78 is 10.8. The van der Waals surface area contributed by atoms with Crippen molar-refractivity contribution in [2.24, 2.45) is 5.92 Å². The Labute approximate surface area is 206 Å². The highest BCUT2D eigenvalue weighted by atomic mass is 16.6. The van der Waals surface area contributed by atoms with E-state index in [2.05, 4.69) is 11.9 Å². The van der Waals surface area contributed by atoms with Crippen LogP contribution in [-0.4, -0.2) is 46.3 Å². The first-order chi connectivity index (χ1) is 16.6. The summed E-state index contributed by atoms with van der Waals surface area (Å²) in [7, 11) is 0. The number of aliphatic hydroxyl groups excluding tert-OH is 1. The number of carbonyl (C=O) groups excluding carboxylic acids is 3. The van der Waals surface area contributed by atoms with Crippen molar-refractivity contribution in [1.82, 2.24) is 10.2 Å². The summed E-state index contributed by atoms with van der Waals surface area (Å²) in [5, 5.41) is 12.5. The predicted octanol–water partition coefficient (Wildman–Crippen LogP) is 3.79. The van der Waals surface area contributed by atoms with Crippen LogP contribution in [0.4, 0.5) is 4.79 Å². The van der Waals surface area contributed by atoms with E-state index in [0.29, 0.717) is 0 Å². The van der Waals surface area contributed by atoms with Gasteiger partial charge in [-0.05, 0) is 38.3 Å². The molecular formula is C27H34N2O6. The molecule has 0 saturated heterocycles. The second-order valence-electron chi connectivity index (χ2n) is 9.01. The lowest BCUT2D eigenvalue weighted by Gasteiger charge is -2.31. The van der Waals surface area contributed by atoms with E-state index in [1.165, 1.54) is 6.08 Å². The van der Waals surface area contributed by atoms with Gasteiger partial charge in [0.15, 0.2) is 0 Å². The quantitative estimate of drug-likeness (QED) is 0.287. The molecule has 2 amide bonds. The standard InChI is InChI=1S/C27H34N2O6/c1-5-12-22(25(32)34-18-21-15-10-7-11-16-21)23(28-26(33)35-27(2,3)4)24(31)29(19-30)17-20-13-8-6-9-14-20/h5-11,13-16,22-23,30H,1,12,17-19H2,2-4H3,(H,28,33)/t22-,23+/m0/s1. The number of carbonyl (C=O) groups is 3. The lowest BCUT2D eigenvalue weighted by Crippen LogP contribution is -2.55. The van der Waals surface area contributed by atoms with E-state index in [0.717, 1.165) is 16.0 Å². The summed E-state index contributed by atoms with van der Waals surface area (Å²) in [6.45, 7) is 8.24. The van der Waals surface area contributed by atoms with Crippen molar-refractivity contribution < 1.29 is 29.0 Å². The van der Waals surface area contributed by atoms with Crippen LogP contribution < -0.4 is 5.32 Å². The van der Waals surface area contributed by atoms with Crippen LogP contribution in [0.15, 0.2) is 73.3 Å². The summed E-state index contributed by atoms with van der Waals surface area (Å²) >= 11 is 0. The number of rotatable bonds is 11. The first-order valence-corrected chi connectivity index (χ1v) is 11.4. The predicted molar refractivity (Wildman–Crippen MR) is 132 cm³/mol. The maximum atomic E-state index is 13.5. The molecule has 188 valence electrons. The Morgan fingerprint density at radius 1 is 1.03 bits per heavy atom. The van der Waals surface area contributed by atoms with E-state index in [4.69, 9.17) is 9.47 Å². The lowest BCUT2D eigenvalue weighted by atomic mass is 9.94. The van der Waals surface area contributed by atoms with Crippen LogP contribution in [0.1, 0.15) is 38.3 Å². The van der Waals surface area contributed by atoms with Gasteiger partial charge in [-0.2, -0.15) is 0 Å². The van der Waals surface area contributed by atoms with Gasteiger partial charge in [-0.15, -0.1) is 6.58 Å². The Morgan fingerprint density at radius 2 is 1.60 bits per heavy atom. The summed E-state index contributed by atoms with van der Waals surface area (Å²) in [6.07, 6.45) is 0.675. The molecule has 0 aromatic heterocycles. The molecule has 0 unspecified atom stereocenters. The van der Waals surface area contributed by atoms with Crippen molar-refractivity contribution in [3.05, 3.63) is 84.4 Å². The zero-order valence-corrected chi connectivity index (χ0v) is 20.5. The van der Waals surface area contributed by atoms with E-state index in [1.807, 2.05) is 60.7 Å². The number of hydrogen-bond donors (Lipinski definition) is 2. The maximum Gasteiger partial charge on any atom is 0.408 e. The van der Waals surface area contributed by atoms with Crippen LogP contribution in [0.3, 0.4) is 0 Å². The number of allylic oxidation sites excluding steroid dienone is 1. The Bertz CT molecular complexity index is 972. The van der Waals surface area contributed by atoms with Crippen molar-refractivity contribution >= 4 is 18.0 Å². The number of aliphatic hydroxyl groups is 1. The van der Waals surface area contributed by atoms with Gasteiger partial charge in [-0.25, -0.2) is 4.79 Å². The summed E-state index contributed by atoms with van der Waals surface area (Å²) in [5.41, 5.74) is 0.736. The smallest absolute Gasteiger partial charge is 0.408 e. The minimum atomic E-state index is -1.35. The number of nitrogens with zero attached hydrogens (tertiary/aromatic N) is 1. The molecule has 0 spiro atoms. The molecule has 8 heteroatoms. The second kappa shape index (κ2) is 13.3. The molecule has 2 aromatic rings. The monoisotopic (exact) mass is 482 g/mol. The lowest BCUT2D eigenvalue weighted by molar-refractivity contribution is -0.155. The Hall–Kier alpha value is -3.65. The largest absolute Gasteiger partial charge is 0.461 e. The van der Waals surface area contributed by atoms with Crippen molar-refractivity contribution in [3.63, 3.8) is 0 Å². The molecule has 35 heavy (non-hydrogen) atoms. The fraction of sp³-hybridized carbons (Fsp3) is 0.370. The third-order valence-corrected chi connectivity index (χ3v) is 4.99. The van der Waals surface area contributed by atoms with Crippen LogP contribution in [0, 0.1) is 5.92 Å². The third kappa shape index (κ3) is 9.25. The van der Waals surface area contributed by atoms with Gasteiger partial charge in [0.2, 0.25) is 5.91 Å². The van der Waals surface area contributed by atoms with Crippen LogP contribution in [-0.2, 0) is 32.2 Å². The molecule has 0 aliphatic carbocycles. The first kappa shape index (κ1) is 27.6. The summed E-state index contributed by atoms with van der Waals surface area (Å²) in [5.74, 6) is -2.41. The summed E-state index contributed by atoms with van der Waals surface area (Å²) in [4.78, 5) is 40.4. The number of ether oxygens (including phenoxy) is 2. The molecule has 0 fully saturated rings. The van der Waals surface area contributed by atoms with Gasteiger partial charge >= 0.3 is 12.1 Å². The fourth-order valence-electron chi connectivity index (χ4n) is 3.35. The molecule has 2 rings (SSSR count). The van der Waals surface area contributed by atoms with Crippen molar-refractivity contribution in [2.45, 2.75) is 52.0 Å². The number of hydrogen-bond acceptors (Lipinski definition) is 6. The van der Waals surface area contributed by atoms with Gasteiger partial charge in [0.1, 0.15) is 25.0 Å². The number of alkyl carbamates (subject to hydrolysis) is 1. The molecule has 0 heterocycles. The van der Waals surface area contributed by atoms with E-state index in [1.54, 1.807) is 20.8 Å². The molecule has 0 aliphatic heterocycles. The zero-order valence-electron chi connectivity index (χ0n) is 20.5. The van der Waals surface area contributed by atoms with E-state index in [9.17, 15) is 19.5 Å². The Kier molecular flexibility index (Phi) is 10.5. The molecule has 2 aromatic carbocycles. The van der Waals surface area contributed by atoms with Gasteiger partial charge in [0, 0.05) is 6.54 Å². The Balaban J connectivity index is 2.30. The van der Waals surface area contributed by atoms with Gasteiger partial charge < -0.3 is 24.8 Å². The Morgan fingerprint density at radius 3 is 2.11 bits per heavy atom. The van der Waals surface area contributed by atoms with Gasteiger partial charge in [-0.3, -0.25) is 9.59 Å². The molecular weight excluding hydrogens is 448 g/mol. The molecule has 0 saturated carbocycles. The molecule has 2 N–H and O–H groups in total. The van der Waals surface area contributed by atoms with Gasteiger partial charge in [0.25, 0.3) is 0 Å². The van der Waals surface area contributed by atoms with Crippen LogP contribution in [0.5, 0.6) is 0 Å². The van der Waals surface area contributed by atoms with Crippen LogP contribution in [0.2, 0.25) is 0 Å². The SMILES string of the molecule is C=CC[C@H](C(=O)OCc1ccccc1)[C@@H](NC(=O)OC(C)(C)C)C(=O)N(CO)Cc1ccccc1. The second-order valence-corrected chi connectivity index (χ2v) is 9.01. The minimum absolute atomic E-state index is 0.00833. The highest BCUT2D eigenvalue weighted by Gasteiger charge is 2.38. The maximum absolute atomic E-state index is 13.5. The van der Waals surface area contributed by atoms with Crippen molar-refractivity contribution in [2.75, 3.05) is 6.73 Å². The number of nitrogens with one attached hydrogen (secondary N) is 1. The molecule has 2 atom stereocenters. The van der Waals surface area contributed by atoms with Crippen molar-refractivity contribution in [3.8, 4) is 0 Å². The van der Waals surface area contributed by atoms with E-state index < -0.39 is 42.3 Å². The molecule has 8 nitrogen and oxygen atoms in total. The highest BCUT2D eigenvalue weighted by molar-refractivity contribution is 5.91.